The van der Waals surface area contributed by atoms with Crippen LogP contribution in [0.5, 0.6) is 23.0 Å². The number of carbonyl (C=O) groups excluding carboxylic acids is 2. The van der Waals surface area contributed by atoms with Crippen molar-refractivity contribution in [3.05, 3.63) is 75.8 Å². The molecular formula is C27H28BrN3O6. The first-order valence-corrected chi connectivity index (χ1v) is 12.1. The maximum absolute atomic E-state index is 12.5. The maximum atomic E-state index is 12.5. The molecule has 9 nitrogen and oxygen atoms in total. The second-order valence-corrected chi connectivity index (χ2v) is 8.59. The van der Waals surface area contributed by atoms with Crippen LogP contribution in [0.4, 0.5) is 5.69 Å². The molecule has 0 fully saturated rings. The zero-order valence-electron chi connectivity index (χ0n) is 21.0. The van der Waals surface area contributed by atoms with Crippen molar-refractivity contribution in [1.29, 1.82) is 0 Å². The Morgan fingerprint density at radius 1 is 0.946 bits per heavy atom. The van der Waals surface area contributed by atoms with Crippen LogP contribution in [-0.4, -0.2) is 45.5 Å². The molecule has 0 heterocycles. The van der Waals surface area contributed by atoms with Gasteiger partial charge in [-0.3, -0.25) is 9.59 Å². The zero-order valence-corrected chi connectivity index (χ0v) is 22.5. The first-order chi connectivity index (χ1) is 17.8. The van der Waals surface area contributed by atoms with Crippen molar-refractivity contribution in [2.75, 3.05) is 32.8 Å². The first-order valence-electron chi connectivity index (χ1n) is 11.4. The van der Waals surface area contributed by atoms with Crippen molar-refractivity contribution in [3.8, 4) is 23.0 Å². The van der Waals surface area contributed by atoms with E-state index in [1.165, 1.54) is 20.4 Å². The van der Waals surface area contributed by atoms with Gasteiger partial charge in [-0.25, -0.2) is 5.43 Å². The third-order valence-electron chi connectivity index (χ3n) is 5.04. The molecule has 0 bridgehead atoms. The maximum Gasteiger partial charge on any atom is 0.271 e. The molecule has 0 saturated heterocycles. The molecule has 0 atom stereocenters. The molecule has 37 heavy (non-hydrogen) atoms. The molecule has 0 spiro atoms. The molecule has 3 aromatic rings. The van der Waals surface area contributed by atoms with E-state index in [4.69, 9.17) is 18.9 Å². The molecule has 0 radical (unpaired) electrons. The van der Waals surface area contributed by atoms with Gasteiger partial charge in [0.15, 0.2) is 29.6 Å². The minimum Gasteiger partial charge on any atom is -0.493 e. The second-order valence-electron chi connectivity index (χ2n) is 7.73. The highest BCUT2D eigenvalue weighted by molar-refractivity contribution is 9.10. The lowest BCUT2D eigenvalue weighted by molar-refractivity contribution is -0.118. The number of halogens is 1. The molecular weight excluding hydrogens is 542 g/mol. The van der Waals surface area contributed by atoms with Crippen molar-refractivity contribution in [2.24, 2.45) is 5.10 Å². The summed E-state index contributed by atoms with van der Waals surface area (Å²) >= 11 is 3.45. The molecule has 194 valence electrons. The van der Waals surface area contributed by atoms with Crippen LogP contribution in [-0.2, 0) is 4.79 Å². The molecule has 3 rings (SSSR count). The minimum atomic E-state index is -0.412. The van der Waals surface area contributed by atoms with Gasteiger partial charge in [-0.05, 0) is 77.8 Å². The Kier molecular flexibility index (Phi) is 9.91. The summed E-state index contributed by atoms with van der Waals surface area (Å²) in [6, 6.07) is 15.7. The van der Waals surface area contributed by atoms with E-state index >= 15 is 0 Å². The molecule has 0 aliphatic rings. The summed E-state index contributed by atoms with van der Waals surface area (Å²) in [5.74, 6) is 1.04. The minimum absolute atomic E-state index is 0.210. The van der Waals surface area contributed by atoms with Crippen LogP contribution in [0.1, 0.15) is 28.4 Å². The third-order valence-corrected chi connectivity index (χ3v) is 5.63. The van der Waals surface area contributed by atoms with Gasteiger partial charge in [0.1, 0.15) is 0 Å². The van der Waals surface area contributed by atoms with Crippen molar-refractivity contribution in [3.63, 3.8) is 0 Å². The molecule has 3 aromatic carbocycles. The topological polar surface area (TPSA) is 107 Å². The Labute approximate surface area is 223 Å². The number of hydrogen-bond donors (Lipinski definition) is 2. The average Bonchev–Trinajstić information content (AvgIpc) is 2.89. The van der Waals surface area contributed by atoms with Crippen LogP contribution in [0.15, 0.2) is 64.2 Å². The number of hydrazone groups is 1. The quantitative estimate of drug-likeness (QED) is 0.250. The van der Waals surface area contributed by atoms with Gasteiger partial charge in [-0.1, -0.05) is 17.7 Å². The van der Waals surface area contributed by atoms with Crippen LogP contribution in [0.3, 0.4) is 0 Å². The lowest BCUT2D eigenvalue weighted by Gasteiger charge is -2.13. The van der Waals surface area contributed by atoms with Crippen LogP contribution >= 0.6 is 15.9 Å². The van der Waals surface area contributed by atoms with E-state index in [0.717, 1.165) is 5.56 Å². The van der Waals surface area contributed by atoms with E-state index in [0.29, 0.717) is 50.9 Å². The monoisotopic (exact) mass is 569 g/mol. The number of rotatable bonds is 11. The predicted molar refractivity (Wildman–Crippen MR) is 145 cm³/mol. The van der Waals surface area contributed by atoms with Crippen LogP contribution in [0.25, 0.3) is 0 Å². The summed E-state index contributed by atoms with van der Waals surface area (Å²) in [4.78, 5) is 24.8. The number of hydrogen-bond acceptors (Lipinski definition) is 7. The number of amides is 2. The molecule has 0 aliphatic carbocycles. The van der Waals surface area contributed by atoms with Crippen LogP contribution < -0.4 is 29.7 Å². The standard InChI is InChI=1S/C27H28BrN3O6/c1-5-36-23-14-19(8-11-22(23)34-3)27(33)31-29-15-18-12-21(28)26(24(13-18)35-4)37-16-25(32)30-20-9-6-17(2)7-10-20/h6-15H,5,16H2,1-4H3,(H,30,32)(H,31,33)/b29-15+. The van der Waals surface area contributed by atoms with Crippen molar-refractivity contribution < 1.29 is 28.5 Å². The van der Waals surface area contributed by atoms with Crippen LogP contribution in [0, 0.1) is 6.92 Å². The smallest absolute Gasteiger partial charge is 0.271 e. The van der Waals surface area contributed by atoms with E-state index in [-0.39, 0.29) is 12.5 Å². The number of aryl methyl sites for hydroxylation is 1. The number of ether oxygens (including phenoxy) is 4. The molecule has 2 amide bonds. The number of carbonyl (C=O) groups is 2. The highest BCUT2D eigenvalue weighted by Gasteiger charge is 2.14. The predicted octanol–water partition coefficient (Wildman–Crippen LogP) is 4.95. The molecule has 0 aliphatic heterocycles. The highest BCUT2D eigenvalue weighted by Crippen LogP contribution is 2.36. The lowest BCUT2D eigenvalue weighted by Crippen LogP contribution is -2.20. The fourth-order valence-corrected chi connectivity index (χ4v) is 3.82. The Morgan fingerprint density at radius 3 is 2.35 bits per heavy atom. The Balaban J connectivity index is 1.63. The van der Waals surface area contributed by atoms with E-state index in [2.05, 4.69) is 31.8 Å². The summed E-state index contributed by atoms with van der Waals surface area (Å²) in [7, 11) is 3.02. The van der Waals surface area contributed by atoms with E-state index in [9.17, 15) is 9.59 Å². The lowest BCUT2D eigenvalue weighted by atomic mass is 10.2. The summed E-state index contributed by atoms with van der Waals surface area (Å²) < 4.78 is 22.4. The number of nitrogens with one attached hydrogen (secondary N) is 2. The van der Waals surface area contributed by atoms with Crippen molar-refractivity contribution >= 4 is 39.6 Å². The van der Waals surface area contributed by atoms with E-state index < -0.39 is 5.91 Å². The average molecular weight is 570 g/mol. The number of benzene rings is 3. The highest BCUT2D eigenvalue weighted by atomic mass is 79.9. The Hall–Kier alpha value is -4.05. The SMILES string of the molecule is CCOc1cc(C(=O)N/N=C/c2cc(Br)c(OCC(=O)Nc3ccc(C)cc3)c(OC)c2)ccc1OC. The van der Waals surface area contributed by atoms with Gasteiger partial charge in [0.25, 0.3) is 11.8 Å². The normalized spacial score (nSPS) is 10.6. The fraction of sp³-hybridized carbons (Fsp3) is 0.222. The first kappa shape index (κ1) is 27.5. The molecule has 0 saturated carbocycles. The molecule has 0 unspecified atom stereocenters. The van der Waals surface area contributed by atoms with Gasteiger partial charge in [-0.2, -0.15) is 5.10 Å². The van der Waals surface area contributed by atoms with Crippen LogP contribution in [0.2, 0.25) is 0 Å². The van der Waals surface area contributed by atoms with Crippen molar-refractivity contribution in [1.82, 2.24) is 5.43 Å². The third kappa shape index (κ3) is 7.71. The molecule has 2 N–H and O–H groups in total. The number of nitrogens with zero attached hydrogens (tertiary/aromatic N) is 1. The van der Waals surface area contributed by atoms with E-state index in [1.54, 1.807) is 30.3 Å². The zero-order chi connectivity index (χ0) is 26.8. The van der Waals surface area contributed by atoms with Gasteiger partial charge in [-0.15, -0.1) is 0 Å². The van der Waals surface area contributed by atoms with Gasteiger partial charge in [0.05, 0.1) is 31.5 Å². The summed E-state index contributed by atoms with van der Waals surface area (Å²) in [5, 5.41) is 6.81. The molecule has 10 heteroatoms. The summed E-state index contributed by atoms with van der Waals surface area (Å²) in [5.41, 5.74) is 5.27. The second kappa shape index (κ2) is 13.3. The van der Waals surface area contributed by atoms with Crippen molar-refractivity contribution in [2.45, 2.75) is 13.8 Å². The largest absolute Gasteiger partial charge is 0.493 e. The fourth-order valence-electron chi connectivity index (χ4n) is 3.24. The Bertz CT molecular complexity index is 1280. The van der Waals surface area contributed by atoms with Gasteiger partial charge in [0, 0.05) is 11.3 Å². The van der Waals surface area contributed by atoms with E-state index in [1.807, 2.05) is 38.1 Å². The summed E-state index contributed by atoms with van der Waals surface area (Å²) in [6.45, 7) is 4.05. The van der Waals surface area contributed by atoms with Gasteiger partial charge in [0.2, 0.25) is 0 Å². The number of anilines is 1. The summed E-state index contributed by atoms with van der Waals surface area (Å²) in [6.07, 6.45) is 1.46. The van der Waals surface area contributed by atoms with Gasteiger partial charge < -0.3 is 24.3 Å². The van der Waals surface area contributed by atoms with Gasteiger partial charge >= 0.3 is 0 Å². The number of methoxy groups -OCH3 is 2. The Morgan fingerprint density at radius 2 is 1.68 bits per heavy atom. The molecule has 0 aromatic heterocycles.